The average molecular weight is 214 g/mol. The predicted molar refractivity (Wildman–Crippen MR) is 53.0 cm³/mol. The van der Waals surface area contributed by atoms with Crippen molar-refractivity contribution in [1.82, 2.24) is 0 Å². The molecule has 5 heteroatoms. The van der Waals surface area contributed by atoms with Gasteiger partial charge < -0.3 is 10.00 Å². The van der Waals surface area contributed by atoms with Crippen molar-refractivity contribution in [1.29, 1.82) is 0 Å². The van der Waals surface area contributed by atoms with Crippen LogP contribution in [-0.2, 0) is 4.57 Å². The van der Waals surface area contributed by atoms with Gasteiger partial charge in [-0.15, -0.1) is 0 Å². The van der Waals surface area contributed by atoms with Crippen LogP contribution >= 0.6 is 8.03 Å². The van der Waals surface area contributed by atoms with Gasteiger partial charge >= 0.3 is 5.97 Å². The van der Waals surface area contributed by atoms with Crippen LogP contribution in [0.1, 0.15) is 28.5 Å². The maximum Gasteiger partial charge on any atom is 0.335 e. The van der Waals surface area contributed by atoms with Gasteiger partial charge in [0.05, 0.1) is 11.2 Å². The first-order chi connectivity index (χ1) is 6.54. The minimum atomic E-state index is -2.73. The van der Waals surface area contributed by atoms with Crippen LogP contribution in [0.2, 0.25) is 0 Å². The van der Waals surface area contributed by atoms with Gasteiger partial charge in [0, 0.05) is 0 Å². The molecule has 0 heterocycles. The summed E-state index contributed by atoms with van der Waals surface area (Å²) in [5.74, 6) is -1.07. The minimum absolute atomic E-state index is 0.0902. The summed E-state index contributed by atoms with van der Waals surface area (Å²) in [4.78, 5) is 19.7. The molecule has 0 aliphatic heterocycles. The van der Waals surface area contributed by atoms with E-state index in [1.54, 1.807) is 25.1 Å². The molecule has 76 valence electrons. The summed E-state index contributed by atoms with van der Waals surface area (Å²) in [5, 5.41) is 8.82. The number of benzene rings is 1. The van der Waals surface area contributed by atoms with Crippen LogP contribution in [0.25, 0.3) is 0 Å². The topological polar surface area (TPSA) is 74.6 Å². The second-order valence-electron chi connectivity index (χ2n) is 2.95. The van der Waals surface area contributed by atoms with Crippen molar-refractivity contribution in [3.05, 3.63) is 35.4 Å². The number of hydrogen-bond acceptors (Lipinski definition) is 2. The number of hydrogen-bond donors (Lipinski definition) is 2. The van der Waals surface area contributed by atoms with E-state index in [0.29, 0.717) is 5.56 Å². The largest absolute Gasteiger partial charge is 0.478 e. The van der Waals surface area contributed by atoms with Gasteiger partial charge in [0.15, 0.2) is 8.03 Å². The summed E-state index contributed by atoms with van der Waals surface area (Å²) in [6, 6.07) is 6.24. The molecule has 2 atom stereocenters. The highest BCUT2D eigenvalue weighted by Crippen LogP contribution is 2.38. The zero-order valence-corrected chi connectivity index (χ0v) is 8.60. The van der Waals surface area contributed by atoms with E-state index >= 15 is 0 Å². The van der Waals surface area contributed by atoms with E-state index in [0.717, 1.165) is 0 Å². The summed E-state index contributed by atoms with van der Waals surface area (Å²) < 4.78 is 10.9. The fourth-order valence-electron chi connectivity index (χ4n) is 1.20. The summed E-state index contributed by atoms with van der Waals surface area (Å²) in [5.41, 5.74) is -0.119. The van der Waals surface area contributed by atoms with Crippen LogP contribution < -0.4 is 0 Å². The molecular weight excluding hydrogens is 203 g/mol. The lowest BCUT2D eigenvalue weighted by atomic mass is 10.1. The summed E-state index contributed by atoms with van der Waals surface area (Å²) in [6.45, 7) is 1.54. The van der Waals surface area contributed by atoms with E-state index in [1.165, 1.54) is 6.07 Å². The molecule has 0 spiro atoms. The lowest BCUT2D eigenvalue weighted by molar-refractivity contribution is 0.0695. The highest BCUT2D eigenvalue weighted by atomic mass is 31.1. The molecule has 0 fully saturated rings. The fourth-order valence-corrected chi connectivity index (χ4v) is 1.72. The van der Waals surface area contributed by atoms with Gasteiger partial charge in [-0.1, -0.05) is 18.2 Å². The number of rotatable bonds is 3. The van der Waals surface area contributed by atoms with Crippen molar-refractivity contribution >= 4 is 14.0 Å². The first-order valence-corrected chi connectivity index (χ1v) is 5.52. The lowest BCUT2D eigenvalue weighted by Crippen LogP contribution is -2.03. The molecule has 0 saturated heterocycles. The molecule has 4 nitrogen and oxygen atoms in total. The van der Waals surface area contributed by atoms with E-state index in [1.807, 2.05) is 0 Å². The minimum Gasteiger partial charge on any atom is -0.478 e. The van der Waals surface area contributed by atoms with E-state index in [9.17, 15) is 9.36 Å². The monoisotopic (exact) mass is 214 g/mol. The SMILES string of the molecule is CC(c1ccccc1C(=O)O)[PH](=O)O. The maximum atomic E-state index is 10.9. The summed E-state index contributed by atoms with van der Waals surface area (Å²) in [6.07, 6.45) is 0. The third kappa shape index (κ3) is 2.22. The van der Waals surface area contributed by atoms with Crippen LogP contribution in [0.15, 0.2) is 24.3 Å². The van der Waals surface area contributed by atoms with Crippen molar-refractivity contribution in [2.75, 3.05) is 0 Å². The predicted octanol–water partition coefficient (Wildman–Crippen LogP) is 1.91. The quantitative estimate of drug-likeness (QED) is 0.753. The zero-order chi connectivity index (χ0) is 10.7. The van der Waals surface area contributed by atoms with Crippen LogP contribution in [-0.4, -0.2) is 16.0 Å². The molecule has 1 rings (SSSR count). The number of aromatic carboxylic acids is 1. The molecule has 0 radical (unpaired) electrons. The average Bonchev–Trinajstić information content (AvgIpc) is 2.16. The molecule has 0 bridgehead atoms. The van der Waals surface area contributed by atoms with Crippen LogP contribution in [0.5, 0.6) is 0 Å². The van der Waals surface area contributed by atoms with Crippen LogP contribution in [0.4, 0.5) is 0 Å². The third-order valence-electron chi connectivity index (χ3n) is 2.03. The second-order valence-corrected chi connectivity index (χ2v) is 4.49. The van der Waals surface area contributed by atoms with Crippen molar-refractivity contribution < 1.29 is 19.4 Å². The molecule has 0 saturated carbocycles. The normalized spacial score (nSPS) is 14.7. The van der Waals surface area contributed by atoms with Crippen LogP contribution in [0, 0.1) is 0 Å². The Bertz CT molecular complexity index is 375. The molecule has 1 aromatic carbocycles. The highest BCUT2D eigenvalue weighted by Gasteiger charge is 2.17. The number of carbonyl (C=O) groups is 1. The summed E-state index contributed by atoms with van der Waals surface area (Å²) in [7, 11) is -2.73. The van der Waals surface area contributed by atoms with E-state index < -0.39 is 19.7 Å². The Kier molecular flexibility index (Phi) is 3.44. The van der Waals surface area contributed by atoms with Crippen LogP contribution in [0.3, 0.4) is 0 Å². The van der Waals surface area contributed by atoms with Crippen molar-refractivity contribution in [2.24, 2.45) is 0 Å². The first kappa shape index (κ1) is 11.0. The number of carboxylic acid groups (broad SMARTS) is 1. The second kappa shape index (κ2) is 4.40. The third-order valence-corrected chi connectivity index (χ3v) is 3.08. The van der Waals surface area contributed by atoms with Gasteiger partial charge in [-0.3, -0.25) is 4.57 Å². The Balaban J connectivity index is 3.19. The smallest absolute Gasteiger partial charge is 0.335 e. The Morgan fingerprint density at radius 1 is 1.43 bits per heavy atom. The van der Waals surface area contributed by atoms with Gasteiger partial charge in [-0.25, -0.2) is 4.79 Å². The first-order valence-electron chi connectivity index (χ1n) is 4.09. The lowest BCUT2D eigenvalue weighted by Gasteiger charge is -2.10. The van der Waals surface area contributed by atoms with Crippen molar-refractivity contribution in [3.63, 3.8) is 0 Å². The summed E-state index contributed by atoms with van der Waals surface area (Å²) >= 11 is 0. The molecule has 0 aromatic heterocycles. The Morgan fingerprint density at radius 2 is 2.00 bits per heavy atom. The Morgan fingerprint density at radius 3 is 2.50 bits per heavy atom. The van der Waals surface area contributed by atoms with E-state index in [-0.39, 0.29) is 5.56 Å². The molecular formula is C9H11O4P. The Labute approximate surface area is 82.1 Å². The number of carboxylic acids is 1. The van der Waals surface area contributed by atoms with Crippen molar-refractivity contribution in [2.45, 2.75) is 12.6 Å². The molecule has 2 N–H and O–H groups in total. The Hall–Kier alpha value is -1.12. The molecule has 1 aromatic rings. The standard InChI is InChI=1S/C9H11O4P/c1-6(14(12)13)7-4-2-3-5-8(7)9(10)11/h2-6,14H,1H3,(H,10,11)(H,12,13). The maximum absolute atomic E-state index is 10.9. The fraction of sp³-hybridized carbons (Fsp3) is 0.222. The zero-order valence-electron chi connectivity index (χ0n) is 7.60. The van der Waals surface area contributed by atoms with Gasteiger partial charge in [0.2, 0.25) is 0 Å². The van der Waals surface area contributed by atoms with Gasteiger partial charge in [-0.05, 0) is 18.6 Å². The van der Waals surface area contributed by atoms with E-state index in [2.05, 4.69) is 0 Å². The molecule has 2 unspecified atom stereocenters. The molecule has 0 aliphatic rings. The van der Waals surface area contributed by atoms with Gasteiger partial charge in [-0.2, -0.15) is 0 Å². The molecule has 0 amide bonds. The van der Waals surface area contributed by atoms with E-state index in [4.69, 9.17) is 10.00 Å². The van der Waals surface area contributed by atoms with Crippen molar-refractivity contribution in [3.8, 4) is 0 Å². The van der Waals surface area contributed by atoms with Gasteiger partial charge in [0.1, 0.15) is 0 Å². The van der Waals surface area contributed by atoms with Gasteiger partial charge in [0.25, 0.3) is 0 Å². The molecule has 0 aliphatic carbocycles. The highest BCUT2D eigenvalue weighted by molar-refractivity contribution is 7.38. The molecule has 14 heavy (non-hydrogen) atoms.